The van der Waals surface area contributed by atoms with Gasteiger partial charge in [-0.15, -0.1) is 0 Å². The van der Waals surface area contributed by atoms with E-state index >= 15 is 0 Å². The van der Waals surface area contributed by atoms with E-state index < -0.39 is 16.9 Å². The van der Waals surface area contributed by atoms with Crippen molar-refractivity contribution in [3.05, 3.63) is 0 Å². The molecule has 1 saturated carbocycles. The first-order valence-corrected chi connectivity index (χ1v) is 6.75. The molecule has 0 radical (unpaired) electrons. The van der Waals surface area contributed by atoms with Crippen LogP contribution in [-0.2, 0) is 9.59 Å². The minimum Gasteiger partial charge on any atom is -0.481 e. The average molecular weight is 254 g/mol. The number of amides is 1. The Kier molecular flexibility index (Phi) is 3.61. The molecular weight excluding hydrogens is 232 g/mol. The highest BCUT2D eigenvalue weighted by Gasteiger charge is 2.45. The topological polar surface area (TPSA) is 78.4 Å². The van der Waals surface area contributed by atoms with Crippen molar-refractivity contribution < 1.29 is 14.7 Å². The van der Waals surface area contributed by atoms with Crippen LogP contribution in [0.4, 0.5) is 0 Å². The van der Waals surface area contributed by atoms with E-state index in [0.29, 0.717) is 12.8 Å². The van der Waals surface area contributed by atoms with Crippen LogP contribution < -0.4 is 10.6 Å². The molecular formula is C13H22N2O3. The summed E-state index contributed by atoms with van der Waals surface area (Å²) < 4.78 is 0. The molecule has 1 saturated heterocycles. The zero-order chi connectivity index (χ0) is 13.2. The van der Waals surface area contributed by atoms with Crippen molar-refractivity contribution in [3.63, 3.8) is 0 Å². The summed E-state index contributed by atoms with van der Waals surface area (Å²) in [6.45, 7) is 3.02. The molecule has 1 atom stereocenters. The van der Waals surface area contributed by atoms with Gasteiger partial charge in [0.25, 0.3) is 0 Å². The molecule has 0 bridgehead atoms. The van der Waals surface area contributed by atoms with Gasteiger partial charge in [0.15, 0.2) is 0 Å². The lowest BCUT2D eigenvalue weighted by atomic mass is 9.68. The van der Waals surface area contributed by atoms with Crippen molar-refractivity contribution in [3.8, 4) is 0 Å². The Morgan fingerprint density at radius 1 is 1.22 bits per heavy atom. The van der Waals surface area contributed by atoms with Gasteiger partial charge in [-0.1, -0.05) is 6.42 Å². The molecule has 1 heterocycles. The molecule has 102 valence electrons. The Morgan fingerprint density at radius 3 is 2.39 bits per heavy atom. The van der Waals surface area contributed by atoms with Crippen LogP contribution in [0.25, 0.3) is 0 Å². The third kappa shape index (κ3) is 2.36. The van der Waals surface area contributed by atoms with Crippen molar-refractivity contribution >= 4 is 11.9 Å². The zero-order valence-corrected chi connectivity index (χ0v) is 10.9. The van der Waals surface area contributed by atoms with E-state index in [4.69, 9.17) is 0 Å². The average Bonchev–Trinajstić information content (AvgIpc) is 2.27. The van der Waals surface area contributed by atoms with Gasteiger partial charge in [-0.25, -0.2) is 0 Å². The predicted molar refractivity (Wildman–Crippen MR) is 67.2 cm³/mol. The molecule has 0 spiro atoms. The number of hydrogen-bond donors (Lipinski definition) is 3. The Bertz CT molecular complexity index is 344. The van der Waals surface area contributed by atoms with E-state index in [9.17, 15) is 14.7 Å². The maximum atomic E-state index is 12.2. The number of rotatable bonds is 4. The molecule has 1 aliphatic carbocycles. The fraction of sp³-hybridized carbons (Fsp3) is 0.846. The Morgan fingerprint density at radius 2 is 1.94 bits per heavy atom. The van der Waals surface area contributed by atoms with Crippen LogP contribution in [0.1, 0.15) is 45.4 Å². The molecule has 0 aromatic carbocycles. The Balaban J connectivity index is 1.89. The summed E-state index contributed by atoms with van der Waals surface area (Å²) in [7, 11) is 0. The lowest BCUT2D eigenvalue weighted by Gasteiger charge is -2.39. The lowest BCUT2D eigenvalue weighted by Crippen LogP contribution is -2.59. The lowest BCUT2D eigenvalue weighted by molar-refractivity contribution is -0.154. The second-order valence-corrected chi connectivity index (χ2v) is 5.84. The van der Waals surface area contributed by atoms with Gasteiger partial charge >= 0.3 is 5.97 Å². The molecule has 0 aromatic heterocycles. The van der Waals surface area contributed by atoms with Crippen LogP contribution >= 0.6 is 0 Å². The van der Waals surface area contributed by atoms with Crippen LogP contribution in [-0.4, -0.2) is 35.6 Å². The summed E-state index contributed by atoms with van der Waals surface area (Å²) in [4.78, 5) is 23.4. The van der Waals surface area contributed by atoms with Gasteiger partial charge in [0.2, 0.25) is 5.91 Å². The molecule has 5 heteroatoms. The summed E-state index contributed by atoms with van der Waals surface area (Å²) in [6.07, 6.45) is 5.25. The molecule has 3 N–H and O–H groups in total. The van der Waals surface area contributed by atoms with Gasteiger partial charge in [0, 0.05) is 6.54 Å². The molecule has 18 heavy (non-hydrogen) atoms. The van der Waals surface area contributed by atoms with E-state index in [-0.39, 0.29) is 12.5 Å². The first kappa shape index (κ1) is 13.3. The molecule has 0 aromatic rings. The summed E-state index contributed by atoms with van der Waals surface area (Å²) in [5.41, 5.74) is -1.23. The fourth-order valence-corrected chi connectivity index (χ4v) is 2.76. The number of carboxylic acid groups (broad SMARTS) is 1. The number of carbonyl (C=O) groups excluding carboxylic acids is 1. The van der Waals surface area contributed by atoms with E-state index in [0.717, 1.165) is 32.2 Å². The van der Waals surface area contributed by atoms with Crippen molar-refractivity contribution in [2.75, 3.05) is 13.1 Å². The summed E-state index contributed by atoms with van der Waals surface area (Å²) in [5.74, 6) is -0.842. The Labute approximate surface area is 107 Å². The summed E-state index contributed by atoms with van der Waals surface area (Å²) in [5, 5.41) is 15.3. The van der Waals surface area contributed by atoms with Gasteiger partial charge < -0.3 is 15.7 Å². The molecule has 2 aliphatic rings. The SMILES string of the molecule is CC1(C(=O)NCC2(C(=O)O)CCC2)CCCCN1. The molecule has 1 amide bonds. The van der Waals surface area contributed by atoms with E-state index in [1.54, 1.807) is 0 Å². The van der Waals surface area contributed by atoms with Crippen LogP contribution in [0, 0.1) is 5.41 Å². The summed E-state index contributed by atoms with van der Waals surface area (Å²) >= 11 is 0. The highest BCUT2D eigenvalue weighted by Crippen LogP contribution is 2.40. The molecule has 1 aliphatic heterocycles. The third-order valence-corrected chi connectivity index (χ3v) is 4.47. The van der Waals surface area contributed by atoms with Gasteiger partial charge in [0.1, 0.15) is 0 Å². The number of carboxylic acids is 1. The second kappa shape index (κ2) is 4.88. The number of nitrogens with one attached hydrogen (secondary N) is 2. The molecule has 5 nitrogen and oxygen atoms in total. The van der Waals surface area contributed by atoms with Crippen molar-refractivity contribution in [2.45, 2.75) is 51.0 Å². The van der Waals surface area contributed by atoms with Crippen molar-refractivity contribution in [2.24, 2.45) is 5.41 Å². The molecule has 1 unspecified atom stereocenters. The molecule has 2 rings (SSSR count). The van der Waals surface area contributed by atoms with Crippen LogP contribution in [0.15, 0.2) is 0 Å². The predicted octanol–water partition coefficient (Wildman–Crippen LogP) is 0.890. The maximum absolute atomic E-state index is 12.2. The smallest absolute Gasteiger partial charge is 0.311 e. The van der Waals surface area contributed by atoms with Gasteiger partial charge in [-0.3, -0.25) is 9.59 Å². The number of piperidine rings is 1. The minimum absolute atomic E-state index is 0.0604. The Hall–Kier alpha value is -1.10. The largest absolute Gasteiger partial charge is 0.481 e. The van der Waals surface area contributed by atoms with Crippen LogP contribution in [0.2, 0.25) is 0 Å². The monoisotopic (exact) mass is 254 g/mol. The molecule has 2 fully saturated rings. The van der Waals surface area contributed by atoms with E-state index in [2.05, 4.69) is 10.6 Å². The maximum Gasteiger partial charge on any atom is 0.311 e. The van der Waals surface area contributed by atoms with Crippen LogP contribution in [0.3, 0.4) is 0 Å². The number of carbonyl (C=O) groups is 2. The van der Waals surface area contributed by atoms with Crippen molar-refractivity contribution in [1.29, 1.82) is 0 Å². The van der Waals surface area contributed by atoms with Gasteiger partial charge in [0.05, 0.1) is 11.0 Å². The highest BCUT2D eigenvalue weighted by molar-refractivity contribution is 5.87. The van der Waals surface area contributed by atoms with Crippen molar-refractivity contribution in [1.82, 2.24) is 10.6 Å². The zero-order valence-electron chi connectivity index (χ0n) is 10.9. The number of hydrogen-bond acceptors (Lipinski definition) is 3. The first-order chi connectivity index (χ1) is 8.49. The van der Waals surface area contributed by atoms with E-state index in [1.807, 2.05) is 6.92 Å². The van der Waals surface area contributed by atoms with E-state index in [1.165, 1.54) is 0 Å². The first-order valence-electron chi connectivity index (χ1n) is 6.75. The van der Waals surface area contributed by atoms with Crippen LogP contribution in [0.5, 0.6) is 0 Å². The standard InChI is InChI=1S/C13H22N2O3/c1-12(5-2-3-8-15-12)10(16)14-9-13(11(17)18)6-4-7-13/h15H,2-9H2,1H3,(H,14,16)(H,17,18). The number of aliphatic carboxylic acids is 1. The normalized spacial score (nSPS) is 30.3. The van der Waals surface area contributed by atoms with Gasteiger partial charge in [-0.2, -0.15) is 0 Å². The quantitative estimate of drug-likeness (QED) is 0.696. The third-order valence-electron chi connectivity index (χ3n) is 4.47. The second-order valence-electron chi connectivity index (χ2n) is 5.84. The summed E-state index contributed by atoms with van der Waals surface area (Å²) in [6, 6.07) is 0. The highest BCUT2D eigenvalue weighted by atomic mass is 16.4. The minimum atomic E-state index is -0.782. The fourth-order valence-electron chi connectivity index (χ4n) is 2.76. The van der Waals surface area contributed by atoms with Gasteiger partial charge in [-0.05, 0) is 45.6 Å².